The Morgan fingerprint density at radius 2 is 1.72 bits per heavy atom. The molecule has 2 aliphatic rings. The molecule has 2 N–H and O–H groups in total. The van der Waals surface area contributed by atoms with E-state index >= 15 is 0 Å². The lowest BCUT2D eigenvalue weighted by molar-refractivity contribution is -0.131. The van der Waals surface area contributed by atoms with Gasteiger partial charge in [-0.3, -0.25) is 9.80 Å². The molecule has 1 saturated carbocycles. The Balaban J connectivity index is 1.36. The first-order valence-electron chi connectivity index (χ1n) is 13.6. The highest BCUT2D eigenvalue weighted by molar-refractivity contribution is 5.94. The van der Waals surface area contributed by atoms with Crippen molar-refractivity contribution in [2.24, 2.45) is 0 Å². The summed E-state index contributed by atoms with van der Waals surface area (Å²) >= 11 is 0. The molecule has 1 aliphatic carbocycles. The molecule has 3 aromatic rings. The van der Waals surface area contributed by atoms with Gasteiger partial charge in [-0.15, -0.1) is 6.42 Å². The van der Waals surface area contributed by atoms with Gasteiger partial charge < -0.3 is 15.0 Å². The molecule has 0 unspecified atom stereocenters. The number of benzene rings is 1. The zero-order valence-electron chi connectivity index (χ0n) is 22.0. The van der Waals surface area contributed by atoms with E-state index in [0.717, 1.165) is 62.1 Å². The number of fused-ring (bicyclic) bond motifs is 1. The minimum atomic E-state index is -4.24. The van der Waals surface area contributed by atoms with Crippen LogP contribution in [-0.2, 0) is 6.54 Å². The molecule has 1 aliphatic heterocycles. The lowest BCUT2D eigenvalue weighted by Gasteiger charge is -2.33. The standard InChI is InChI=1S/C29H35F3N6O/c1-2-13-36-14-16-37(17-15-36)19-21-3-5-22(6-4-21)26-20-38(23-7-9-24(39)10-8-23)27-25(26)18-34-28(35-27)33-12-11-29(30,31)32/h1,3-6,18,20,23-24,39H,7-17,19H2,(H,33,34,35). The van der Waals surface area contributed by atoms with Crippen molar-refractivity contribution in [1.29, 1.82) is 0 Å². The number of aromatic nitrogens is 3. The van der Waals surface area contributed by atoms with E-state index in [1.807, 2.05) is 0 Å². The number of aliphatic hydroxyl groups is 1. The molecule has 0 radical (unpaired) electrons. The predicted octanol–water partition coefficient (Wildman–Crippen LogP) is 4.69. The largest absolute Gasteiger partial charge is 0.393 e. The van der Waals surface area contributed by atoms with Crippen molar-refractivity contribution in [2.45, 2.75) is 57.0 Å². The van der Waals surface area contributed by atoms with Crippen LogP contribution in [0.5, 0.6) is 0 Å². The minimum absolute atomic E-state index is 0.162. The first-order chi connectivity index (χ1) is 18.8. The summed E-state index contributed by atoms with van der Waals surface area (Å²) in [5, 5.41) is 13.6. The maximum atomic E-state index is 12.6. The van der Waals surface area contributed by atoms with E-state index in [9.17, 15) is 18.3 Å². The van der Waals surface area contributed by atoms with Gasteiger partial charge in [0.15, 0.2) is 0 Å². The number of rotatable bonds is 8. The fraction of sp³-hybridized carbons (Fsp3) is 0.517. The summed E-state index contributed by atoms with van der Waals surface area (Å²) in [6, 6.07) is 8.69. The molecule has 2 fully saturated rings. The zero-order chi connectivity index (χ0) is 27.4. The molecule has 0 amide bonds. The number of piperazine rings is 1. The molecule has 39 heavy (non-hydrogen) atoms. The molecule has 7 nitrogen and oxygen atoms in total. The Bertz CT molecular complexity index is 1280. The molecule has 0 atom stereocenters. The predicted molar refractivity (Wildman–Crippen MR) is 146 cm³/mol. The zero-order valence-corrected chi connectivity index (χ0v) is 22.0. The molecule has 10 heteroatoms. The van der Waals surface area contributed by atoms with Gasteiger partial charge in [0.1, 0.15) is 5.65 Å². The molecule has 2 aromatic heterocycles. The number of nitrogens with zero attached hydrogens (tertiary/aromatic N) is 5. The molecule has 1 aromatic carbocycles. The highest BCUT2D eigenvalue weighted by Gasteiger charge is 2.27. The SMILES string of the molecule is C#CCN1CCN(Cc2ccc(-c3cn(C4CCC(O)CC4)c4nc(NCCC(F)(F)F)ncc34)cc2)CC1. The maximum absolute atomic E-state index is 12.6. The number of halogens is 3. The van der Waals surface area contributed by atoms with Gasteiger partial charge in [0.2, 0.25) is 5.95 Å². The van der Waals surface area contributed by atoms with Crippen molar-refractivity contribution in [3.63, 3.8) is 0 Å². The number of alkyl halides is 3. The Hall–Kier alpha value is -3.13. The van der Waals surface area contributed by atoms with E-state index in [2.05, 4.69) is 66.0 Å². The first kappa shape index (κ1) is 27.4. The average molecular weight is 541 g/mol. The van der Waals surface area contributed by atoms with Crippen molar-refractivity contribution < 1.29 is 18.3 Å². The number of hydrogen-bond acceptors (Lipinski definition) is 6. The molecular formula is C29H35F3N6O. The second-order valence-corrected chi connectivity index (χ2v) is 10.6. The van der Waals surface area contributed by atoms with Crippen LogP contribution in [0, 0.1) is 12.3 Å². The van der Waals surface area contributed by atoms with Crippen LogP contribution in [0.25, 0.3) is 22.2 Å². The van der Waals surface area contributed by atoms with Crippen LogP contribution in [0.3, 0.4) is 0 Å². The summed E-state index contributed by atoms with van der Waals surface area (Å²) in [6.07, 6.45) is 6.81. The smallest absolute Gasteiger partial charge is 0.390 e. The molecule has 1 saturated heterocycles. The Morgan fingerprint density at radius 3 is 2.38 bits per heavy atom. The van der Waals surface area contributed by atoms with Crippen LogP contribution in [0.15, 0.2) is 36.7 Å². The average Bonchev–Trinajstić information content (AvgIpc) is 3.29. The highest BCUT2D eigenvalue weighted by atomic mass is 19.4. The number of nitrogens with one attached hydrogen (secondary N) is 1. The van der Waals surface area contributed by atoms with E-state index in [0.29, 0.717) is 25.0 Å². The molecule has 208 valence electrons. The fourth-order valence-corrected chi connectivity index (χ4v) is 5.56. The lowest BCUT2D eigenvalue weighted by Crippen LogP contribution is -2.45. The number of hydrogen-bond donors (Lipinski definition) is 2. The van der Waals surface area contributed by atoms with Gasteiger partial charge in [-0.05, 0) is 36.8 Å². The van der Waals surface area contributed by atoms with Crippen LogP contribution >= 0.6 is 0 Å². The highest BCUT2D eigenvalue weighted by Crippen LogP contribution is 2.37. The van der Waals surface area contributed by atoms with Crippen LogP contribution in [0.1, 0.15) is 43.7 Å². The van der Waals surface area contributed by atoms with Gasteiger partial charge in [-0.2, -0.15) is 18.2 Å². The summed E-state index contributed by atoms with van der Waals surface area (Å²) in [5.74, 6) is 2.91. The molecule has 0 spiro atoms. The molecule has 0 bridgehead atoms. The molecular weight excluding hydrogens is 505 g/mol. The van der Waals surface area contributed by atoms with Crippen LogP contribution in [-0.4, -0.2) is 81.0 Å². The van der Waals surface area contributed by atoms with Crippen molar-refractivity contribution in [2.75, 3.05) is 44.6 Å². The van der Waals surface area contributed by atoms with Gasteiger partial charge in [-0.25, -0.2) is 4.98 Å². The quantitative estimate of drug-likeness (QED) is 0.404. The third kappa shape index (κ3) is 6.90. The van der Waals surface area contributed by atoms with E-state index in [1.54, 1.807) is 6.20 Å². The Morgan fingerprint density at radius 1 is 1.03 bits per heavy atom. The summed E-state index contributed by atoms with van der Waals surface area (Å²) in [7, 11) is 0. The third-order valence-electron chi connectivity index (χ3n) is 7.77. The van der Waals surface area contributed by atoms with Crippen molar-refractivity contribution >= 4 is 17.0 Å². The van der Waals surface area contributed by atoms with Gasteiger partial charge >= 0.3 is 6.18 Å². The van der Waals surface area contributed by atoms with Crippen molar-refractivity contribution in [3.8, 4) is 23.5 Å². The topological polar surface area (TPSA) is 69.5 Å². The van der Waals surface area contributed by atoms with Crippen molar-refractivity contribution in [1.82, 2.24) is 24.3 Å². The van der Waals surface area contributed by atoms with Crippen LogP contribution in [0.2, 0.25) is 0 Å². The maximum Gasteiger partial charge on any atom is 0.390 e. The van der Waals surface area contributed by atoms with Crippen LogP contribution < -0.4 is 5.32 Å². The molecule has 3 heterocycles. The third-order valence-corrected chi connectivity index (χ3v) is 7.77. The van der Waals surface area contributed by atoms with E-state index in [4.69, 9.17) is 6.42 Å². The van der Waals surface area contributed by atoms with Crippen molar-refractivity contribution in [3.05, 3.63) is 42.2 Å². The Kier molecular flexibility index (Phi) is 8.40. The van der Waals surface area contributed by atoms with Gasteiger partial charge in [-0.1, -0.05) is 30.2 Å². The lowest BCUT2D eigenvalue weighted by atomic mass is 9.93. The van der Waals surface area contributed by atoms with Gasteiger partial charge in [0.05, 0.1) is 19.1 Å². The van der Waals surface area contributed by atoms with E-state index < -0.39 is 12.6 Å². The Labute approximate surface area is 227 Å². The van der Waals surface area contributed by atoms with E-state index in [1.165, 1.54) is 5.56 Å². The number of terminal acetylenes is 1. The fourth-order valence-electron chi connectivity index (χ4n) is 5.56. The summed E-state index contributed by atoms with van der Waals surface area (Å²) in [5.41, 5.74) is 3.97. The van der Waals surface area contributed by atoms with Gasteiger partial charge in [0.25, 0.3) is 0 Å². The number of anilines is 1. The summed E-state index contributed by atoms with van der Waals surface area (Å²) < 4.78 is 40.0. The second kappa shape index (κ2) is 11.9. The monoisotopic (exact) mass is 540 g/mol. The summed E-state index contributed by atoms with van der Waals surface area (Å²) in [6.45, 7) is 5.24. The van der Waals surface area contributed by atoms with Crippen LogP contribution in [0.4, 0.5) is 19.1 Å². The van der Waals surface area contributed by atoms with Gasteiger partial charge in [0, 0.05) is 68.7 Å². The van der Waals surface area contributed by atoms with E-state index in [-0.39, 0.29) is 24.6 Å². The molecule has 5 rings (SSSR count). The first-order valence-corrected chi connectivity index (χ1v) is 13.6. The number of aliphatic hydroxyl groups excluding tert-OH is 1. The second-order valence-electron chi connectivity index (χ2n) is 10.6. The normalized spacial score (nSPS) is 21.2. The minimum Gasteiger partial charge on any atom is -0.393 e. The summed E-state index contributed by atoms with van der Waals surface area (Å²) in [4.78, 5) is 13.7.